The first-order valence-electron chi connectivity index (χ1n) is 6.52. The second-order valence-corrected chi connectivity index (χ2v) is 4.87. The minimum Gasteiger partial charge on any atom is -0.320 e. The van der Waals surface area contributed by atoms with Crippen LogP contribution in [0.5, 0.6) is 0 Å². The summed E-state index contributed by atoms with van der Waals surface area (Å²) in [6.45, 7) is 1.75. The number of rotatable bonds is 2. The van der Waals surface area contributed by atoms with E-state index in [9.17, 15) is 4.39 Å². The number of fused-ring (bicyclic) bond motifs is 1. The summed E-state index contributed by atoms with van der Waals surface area (Å²) in [6, 6.07) is 14.4. The average Bonchev–Trinajstić information content (AvgIpc) is 2.49. The second-order valence-electron chi connectivity index (χ2n) is 4.87. The van der Waals surface area contributed by atoms with Crippen LogP contribution in [0.25, 0.3) is 10.9 Å². The lowest BCUT2D eigenvalue weighted by molar-refractivity contribution is 0.591. The van der Waals surface area contributed by atoms with Crippen molar-refractivity contribution in [2.45, 2.75) is 13.0 Å². The van der Waals surface area contributed by atoms with Gasteiger partial charge in [-0.2, -0.15) is 0 Å². The molecule has 0 saturated carbocycles. The molecule has 0 spiro atoms. The highest BCUT2D eigenvalue weighted by molar-refractivity contribution is 5.82. The first-order valence-corrected chi connectivity index (χ1v) is 6.52. The van der Waals surface area contributed by atoms with E-state index in [-0.39, 0.29) is 5.82 Å². The molecule has 20 heavy (non-hydrogen) atoms. The van der Waals surface area contributed by atoms with E-state index >= 15 is 0 Å². The molecule has 3 rings (SSSR count). The third-order valence-electron chi connectivity index (χ3n) is 3.57. The summed E-state index contributed by atoms with van der Waals surface area (Å²) >= 11 is 0. The van der Waals surface area contributed by atoms with Crippen LogP contribution in [0.2, 0.25) is 0 Å². The van der Waals surface area contributed by atoms with E-state index in [0.717, 1.165) is 16.5 Å². The van der Waals surface area contributed by atoms with E-state index in [2.05, 4.69) is 4.98 Å². The smallest absolute Gasteiger partial charge is 0.131 e. The molecule has 0 bridgehead atoms. The Morgan fingerprint density at radius 3 is 2.60 bits per heavy atom. The first kappa shape index (κ1) is 12.8. The molecule has 0 radical (unpaired) electrons. The van der Waals surface area contributed by atoms with E-state index in [1.54, 1.807) is 25.3 Å². The van der Waals surface area contributed by atoms with Crippen molar-refractivity contribution in [2.24, 2.45) is 5.73 Å². The van der Waals surface area contributed by atoms with Gasteiger partial charge in [-0.3, -0.25) is 4.98 Å². The number of halogens is 1. The summed E-state index contributed by atoms with van der Waals surface area (Å²) in [5.41, 5.74) is 9.17. The molecule has 0 aliphatic rings. The molecule has 2 N–H and O–H groups in total. The zero-order valence-corrected chi connectivity index (χ0v) is 11.2. The first-order chi connectivity index (χ1) is 9.68. The van der Waals surface area contributed by atoms with E-state index in [4.69, 9.17) is 5.73 Å². The topological polar surface area (TPSA) is 38.9 Å². The van der Waals surface area contributed by atoms with E-state index in [1.807, 2.05) is 36.4 Å². The van der Waals surface area contributed by atoms with Gasteiger partial charge in [-0.25, -0.2) is 4.39 Å². The molecule has 0 aliphatic carbocycles. The van der Waals surface area contributed by atoms with Crippen molar-refractivity contribution in [3.63, 3.8) is 0 Å². The fraction of sp³-hybridized carbons (Fsp3) is 0.118. The maximum atomic E-state index is 14.2. The van der Waals surface area contributed by atoms with Crippen molar-refractivity contribution in [3.05, 3.63) is 77.2 Å². The molecule has 0 saturated heterocycles. The lowest BCUT2D eigenvalue weighted by Gasteiger charge is -2.16. The van der Waals surface area contributed by atoms with Gasteiger partial charge in [0.05, 0.1) is 11.6 Å². The van der Waals surface area contributed by atoms with Gasteiger partial charge in [0.2, 0.25) is 0 Å². The minimum atomic E-state index is -0.497. The van der Waals surface area contributed by atoms with Crippen LogP contribution in [0, 0.1) is 12.7 Å². The lowest BCUT2D eigenvalue weighted by atomic mass is 9.94. The zero-order valence-electron chi connectivity index (χ0n) is 11.2. The standard InChI is InChI=1S/C17H15FN2/c1-11-5-2-7-14(16(11)18)17(19)13-6-3-9-15-12(13)8-4-10-20-15/h2-10,17H,19H2,1H3. The highest BCUT2D eigenvalue weighted by Gasteiger charge is 2.16. The molecule has 3 heteroatoms. The number of nitrogens with zero attached hydrogens (tertiary/aromatic N) is 1. The van der Waals surface area contributed by atoms with Crippen molar-refractivity contribution >= 4 is 10.9 Å². The molecule has 100 valence electrons. The number of hydrogen-bond acceptors (Lipinski definition) is 2. The normalized spacial score (nSPS) is 12.6. The monoisotopic (exact) mass is 266 g/mol. The van der Waals surface area contributed by atoms with Crippen LogP contribution in [0.15, 0.2) is 54.7 Å². The Labute approximate surface area is 117 Å². The fourth-order valence-electron chi connectivity index (χ4n) is 2.48. The summed E-state index contributed by atoms with van der Waals surface area (Å²) in [4.78, 5) is 4.31. The van der Waals surface area contributed by atoms with Crippen molar-refractivity contribution in [1.82, 2.24) is 4.98 Å². The van der Waals surface area contributed by atoms with Crippen molar-refractivity contribution in [3.8, 4) is 0 Å². The van der Waals surface area contributed by atoms with E-state index in [0.29, 0.717) is 11.1 Å². The third-order valence-corrected chi connectivity index (χ3v) is 3.57. The predicted molar refractivity (Wildman–Crippen MR) is 78.9 cm³/mol. The number of pyridine rings is 1. The molecular formula is C17H15FN2. The van der Waals surface area contributed by atoms with Gasteiger partial charge in [0.1, 0.15) is 5.82 Å². The number of benzene rings is 2. The van der Waals surface area contributed by atoms with Crippen LogP contribution >= 0.6 is 0 Å². The Morgan fingerprint density at radius 2 is 1.75 bits per heavy atom. The molecule has 1 heterocycles. The van der Waals surface area contributed by atoms with Crippen LogP contribution in [-0.4, -0.2) is 4.98 Å². The van der Waals surface area contributed by atoms with Gasteiger partial charge >= 0.3 is 0 Å². The highest BCUT2D eigenvalue weighted by Crippen LogP contribution is 2.28. The highest BCUT2D eigenvalue weighted by atomic mass is 19.1. The summed E-state index contributed by atoms with van der Waals surface area (Å²) < 4.78 is 14.2. The quantitative estimate of drug-likeness (QED) is 0.767. The second kappa shape index (κ2) is 5.02. The van der Waals surface area contributed by atoms with Gasteiger partial charge in [0.25, 0.3) is 0 Å². The van der Waals surface area contributed by atoms with Crippen LogP contribution in [-0.2, 0) is 0 Å². The summed E-state index contributed by atoms with van der Waals surface area (Å²) in [5, 5.41) is 0.961. The zero-order chi connectivity index (χ0) is 14.1. The molecule has 1 aromatic heterocycles. The van der Waals surface area contributed by atoms with E-state index in [1.165, 1.54) is 0 Å². The maximum absolute atomic E-state index is 14.2. The average molecular weight is 266 g/mol. The van der Waals surface area contributed by atoms with Gasteiger partial charge in [0.15, 0.2) is 0 Å². The minimum absolute atomic E-state index is 0.235. The number of aryl methyl sites for hydroxylation is 1. The Morgan fingerprint density at radius 1 is 1.00 bits per heavy atom. The molecule has 2 nitrogen and oxygen atoms in total. The lowest BCUT2D eigenvalue weighted by Crippen LogP contribution is -2.14. The molecule has 3 aromatic rings. The maximum Gasteiger partial charge on any atom is 0.131 e. The molecular weight excluding hydrogens is 251 g/mol. The summed E-state index contributed by atoms with van der Waals surface area (Å²) in [5.74, 6) is -0.235. The van der Waals surface area contributed by atoms with Crippen LogP contribution in [0.4, 0.5) is 4.39 Å². The Balaban J connectivity index is 2.18. The Bertz CT molecular complexity index is 763. The van der Waals surface area contributed by atoms with Crippen molar-refractivity contribution < 1.29 is 4.39 Å². The SMILES string of the molecule is Cc1cccc(C(N)c2cccc3ncccc23)c1F. The Kier molecular flexibility index (Phi) is 3.20. The number of hydrogen-bond donors (Lipinski definition) is 1. The van der Waals surface area contributed by atoms with Crippen LogP contribution < -0.4 is 5.73 Å². The molecule has 0 amide bonds. The van der Waals surface area contributed by atoms with E-state index < -0.39 is 6.04 Å². The number of aromatic nitrogens is 1. The molecule has 1 unspecified atom stereocenters. The number of nitrogens with two attached hydrogens (primary N) is 1. The Hall–Kier alpha value is -2.26. The summed E-state index contributed by atoms with van der Waals surface area (Å²) in [6.07, 6.45) is 1.74. The van der Waals surface area contributed by atoms with Crippen molar-refractivity contribution in [1.29, 1.82) is 0 Å². The third kappa shape index (κ3) is 2.06. The van der Waals surface area contributed by atoms with Crippen molar-refractivity contribution in [2.75, 3.05) is 0 Å². The van der Waals surface area contributed by atoms with Gasteiger partial charge in [-0.15, -0.1) is 0 Å². The van der Waals surface area contributed by atoms with Gasteiger partial charge in [-0.1, -0.05) is 36.4 Å². The molecule has 0 fully saturated rings. The molecule has 0 aliphatic heterocycles. The molecule has 2 aromatic carbocycles. The predicted octanol–water partition coefficient (Wildman–Crippen LogP) is 3.73. The molecule has 1 atom stereocenters. The van der Waals surface area contributed by atoms with Crippen LogP contribution in [0.3, 0.4) is 0 Å². The van der Waals surface area contributed by atoms with Gasteiger partial charge < -0.3 is 5.73 Å². The van der Waals surface area contributed by atoms with Crippen LogP contribution in [0.1, 0.15) is 22.7 Å². The van der Waals surface area contributed by atoms with Gasteiger partial charge in [-0.05, 0) is 30.2 Å². The summed E-state index contributed by atoms with van der Waals surface area (Å²) in [7, 11) is 0. The van der Waals surface area contributed by atoms with Gasteiger partial charge in [0, 0.05) is 17.1 Å². The largest absolute Gasteiger partial charge is 0.320 e. The fourth-order valence-corrected chi connectivity index (χ4v) is 2.48.